The summed E-state index contributed by atoms with van der Waals surface area (Å²) in [5.41, 5.74) is 0. The maximum atomic E-state index is 9.00. The van der Waals surface area contributed by atoms with Gasteiger partial charge < -0.3 is 10.2 Å². The van der Waals surface area contributed by atoms with Crippen LogP contribution in [-0.4, -0.2) is 27.2 Å². The summed E-state index contributed by atoms with van der Waals surface area (Å²) in [6, 6.07) is 0. The lowest BCUT2D eigenvalue weighted by molar-refractivity contribution is -0.134. The van der Waals surface area contributed by atoms with Gasteiger partial charge in [0.1, 0.15) is 0 Å². The maximum absolute atomic E-state index is 9.00. The van der Waals surface area contributed by atoms with Crippen LogP contribution in [0.5, 0.6) is 0 Å². The summed E-state index contributed by atoms with van der Waals surface area (Å²) in [7, 11) is 0. The molecule has 86 valence electrons. The molecule has 0 rings (SSSR count). The van der Waals surface area contributed by atoms with Crippen molar-refractivity contribution in [1.82, 2.24) is 0 Å². The molecular formula is C10H21ClO3. The van der Waals surface area contributed by atoms with Gasteiger partial charge in [-0.15, -0.1) is 11.6 Å². The molecule has 0 aliphatic rings. The van der Waals surface area contributed by atoms with Crippen molar-refractivity contribution >= 4 is 17.6 Å². The van der Waals surface area contributed by atoms with Crippen molar-refractivity contribution in [3.05, 3.63) is 0 Å². The molecule has 0 aromatic carbocycles. The molecule has 0 aromatic heterocycles. The lowest BCUT2D eigenvalue weighted by Gasteiger charge is -2.15. The SMILES string of the molecule is CC(=O)O.CC(O)CCCC(C)(C)Cl. The van der Waals surface area contributed by atoms with E-state index in [2.05, 4.69) is 0 Å². The minimum absolute atomic E-state index is 0.102. The number of carboxylic acid groups (broad SMARTS) is 1. The number of hydrogen-bond donors (Lipinski definition) is 2. The van der Waals surface area contributed by atoms with Gasteiger partial charge in [0.2, 0.25) is 0 Å². The molecular weight excluding hydrogens is 204 g/mol. The fraction of sp³-hybridized carbons (Fsp3) is 0.900. The molecule has 0 bridgehead atoms. The van der Waals surface area contributed by atoms with Gasteiger partial charge in [-0.2, -0.15) is 0 Å². The number of carboxylic acids is 1. The second-order valence-corrected chi connectivity index (χ2v) is 5.00. The van der Waals surface area contributed by atoms with E-state index < -0.39 is 5.97 Å². The number of hydrogen-bond acceptors (Lipinski definition) is 2. The highest BCUT2D eigenvalue weighted by Gasteiger charge is 2.12. The Morgan fingerprint density at radius 3 is 2.07 bits per heavy atom. The van der Waals surface area contributed by atoms with Crippen LogP contribution in [0.15, 0.2) is 0 Å². The quantitative estimate of drug-likeness (QED) is 0.722. The average molecular weight is 225 g/mol. The summed E-state index contributed by atoms with van der Waals surface area (Å²) in [4.78, 5) is 8.90. The highest BCUT2D eigenvalue weighted by Crippen LogP contribution is 2.20. The summed E-state index contributed by atoms with van der Waals surface area (Å²) < 4.78 is 0. The van der Waals surface area contributed by atoms with Gasteiger partial charge >= 0.3 is 0 Å². The van der Waals surface area contributed by atoms with E-state index in [4.69, 9.17) is 26.6 Å². The first-order valence-electron chi connectivity index (χ1n) is 4.71. The van der Waals surface area contributed by atoms with Crippen LogP contribution in [0.3, 0.4) is 0 Å². The third kappa shape index (κ3) is 29.8. The van der Waals surface area contributed by atoms with Crippen LogP contribution >= 0.6 is 11.6 Å². The molecule has 0 spiro atoms. The van der Waals surface area contributed by atoms with Gasteiger partial charge in [0.25, 0.3) is 5.97 Å². The Kier molecular flexibility index (Phi) is 9.31. The number of alkyl halides is 1. The molecule has 0 saturated carbocycles. The van der Waals surface area contributed by atoms with E-state index in [0.717, 1.165) is 26.2 Å². The van der Waals surface area contributed by atoms with Crippen LogP contribution in [0, 0.1) is 0 Å². The summed E-state index contributed by atoms with van der Waals surface area (Å²) >= 11 is 5.93. The molecule has 1 atom stereocenters. The van der Waals surface area contributed by atoms with E-state index in [1.807, 2.05) is 13.8 Å². The van der Waals surface area contributed by atoms with Gasteiger partial charge in [0.05, 0.1) is 6.10 Å². The van der Waals surface area contributed by atoms with Crippen LogP contribution in [0.2, 0.25) is 0 Å². The third-order valence-corrected chi connectivity index (χ3v) is 1.58. The van der Waals surface area contributed by atoms with Crippen molar-refractivity contribution < 1.29 is 15.0 Å². The second kappa shape index (κ2) is 8.06. The normalized spacial score (nSPS) is 12.7. The topological polar surface area (TPSA) is 57.5 Å². The summed E-state index contributed by atoms with van der Waals surface area (Å²) in [6.45, 7) is 6.88. The molecule has 0 radical (unpaired) electrons. The van der Waals surface area contributed by atoms with Crippen molar-refractivity contribution in [3.63, 3.8) is 0 Å². The minimum atomic E-state index is -0.833. The molecule has 2 N–H and O–H groups in total. The lowest BCUT2D eigenvalue weighted by Crippen LogP contribution is -2.11. The van der Waals surface area contributed by atoms with Crippen LogP contribution in [0.1, 0.15) is 47.0 Å². The average Bonchev–Trinajstić information content (AvgIpc) is 1.80. The second-order valence-electron chi connectivity index (χ2n) is 3.98. The monoisotopic (exact) mass is 224 g/mol. The predicted octanol–water partition coefficient (Wildman–Crippen LogP) is 2.65. The zero-order valence-electron chi connectivity index (χ0n) is 9.38. The van der Waals surface area contributed by atoms with E-state index in [-0.39, 0.29) is 11.0 Å². The predicted molar refractivity (Wildman–Crippen MR) is 58.8 cm³/mol. The summed E-state index contributed by atoms with van der Waals surface area (Å²) in [5.74, 6) is -0.833. The number of aliphatic carboxylic acids is 1. The molecule has 3 nitrogen and oxygen atoms in total. The van der Waals surface area contributed by atoms with Crippen LogP contribution in [-0.2, 0) is 4.79 Å². The fourth-order valence-electron chi connectivity index (χ4n) is 0.818. The smallest absolute Gasteiger partial charge is 0.300 e. The number of aliphatic hydroxyl groups excluding tert-OH is 1. The number of rotatable bonds is 4. The van der Waals surface area contributed by atoms with E-state index in [1.54, 1.807) is 6.92 Å². The van der Waals surface area contributed by atoms with Gasteiger partial charge in [-0.25, -0.2) is 0 Å². The molecule has 0 saturated heterocycles. The standard InChI is InChI=1S/C8H17ClO.C2H4O2/c1-7(10)5-4-6-8(2,3)9;1-2(3)4/h7,10H,4-6H2,1-3H3;1H3,(H,3,4). The number of carbonyl (C=O) groups is 1. The molecule has 0 amide bonds. The molecule has 0 aromatic rings. The first-order chi connectivity index (χ1) is 6.15. The van der Waals surface area contributed by atoms with Crippen LogP contribution < -0.4 is 0 Å². The largest absolute Gasteiger partial charge is 0.481 e. The Labute approximate surface area is 91.1 Å². The molecule has 0 aliphatic carbocycles. The van der Waals surface area contributed by atoms with E-state index in [0.29, 0.717) is 0 Å². The molecule has 14 heavy (non-hydrogen) atoms. The first kappa shape index (κ1) is 16.2. The van der Waals surface area contributed by atoms with Crippen molar-refractivity contribution in [2.75, 3.05) is 0 Å². The fourth-order valence-corrected chi connectivity index (χ4v) is 0.951. The van der Waals surface area contributed by atoms with E-state index >= 15 is 0 Å². The van der Waals surface area contributed by atoms with Crippen molar-refractivity contribution in [2.24, 2.45) is 0 Å². The summed E-state index contributed by atoms with van der Waals surface area (Å²) in [6.07, 6.45) is 2.66. The number of aliphatic hydroxyl groups is 1. The zero-order chi connectivity index (χ0) is 11.8. The molecule has 0 heterocycles. The van der Waals surface area contributed by atoms with Gasteiger partial charge in [0, 0.05) is 11.8 Å². The van der Waals surface area contributed by atoms with Crippen LogP contribution in [0.25, 0.3) is 0 Å². The van der Waals surface area contributed by atoms with Crippen molar-refractivity contribution in [3.8, 4) is 0 Å². The first-order valence-corrected chi connectivity index (χ1v) is 5.09. The van der Waals surface area contributed by atoms with Gasteiger partial charge in [-0.05, 0) is 40.0 Å². The molecule has 0 fully saturated rings. The molecule has 0 aliphatic heterocycles. The highest BCUT2D eigenvalue weighted by atomic mass is 35.5. The summed E-state index contributed by atoms with van der Waals surface area (Å²) in [5, 5.41) is 16.3. The van der Waals surface area contributed by atoms with Crippen molar-refractivity contribution in [2.45, 2.75) is 57.9 Å². The minimum Gasteiger partial charge on any atom is -0.481 e. The van der Waals surface area contributed by atoms with Crippen molar-refractivity contribution in [1.29, 1.82) is 0 Å². The Hall–Kier alpha value is -0.280. The maximum Gasteiger partial charge on any atom is 0.300 e. The van der Waals surface area contributed by atoms with Gasteiger partial charge in [-0.3, -0.25) is 4.79 Å². The van der Waals surface area contributed by atoms with Gasteiger partial charge in [-0.1, -0.05) is 0 Å². The van der Waals surface area contributed by atoms with E-state index in [9.17, 15) is 0 Å². The van der Waals surface area contributed by atoms with Crippen LogP contribution in [0.4, 0.5) is 0 Å². The van der Waals surface area contributed by atoms with E-state index in [1.165, 1.54) is 0 Å². The Morgan fingerprint density at radius 1 is 1.50 bits per heavy atom. The number of halogens is 1. The molecule has 4 heteroatoms. The lowest BCUT2D eigenvalue weighted by atomic mass is 10.0. The Balaban J connectivity index is 0. The third-order valence-electron chi connectivity index (χ3n) is 1.39. The zero-order valence-corrected chi connectivity index (χ0v) is 10.1. The van der Waals surface area contributed by atoms with Gasteiger partial charge in [0.15, 0.2) is 0 Å². The highest BCUT2D eigenvalue weighted by molar-refractivity contribution is 6.23. The molecule has 1 unspecified atom stereocenters. The Morgan fingerprint density at radius 2 is 1.86 bits per heavy atom. The Bertz CT molecular complexity index is 146.